The second-order valence-electron chi connectivity index (χ2n) is 4.24. The van der Waals surface area contributed by atoms with Gasteiger partial charge in [0.25, 0.3) is 5.91 Å². The van der Waals surface area contributed by atoms with E-state index in [9.17, 15) is 27.2 Å². The van der Waals surface area contributed by atoms with E-state index in [0.29, 0.717) is 0 Å². The number of benzene rings is 1. The Morgan fingerprint density at radius 1 is 1.27 bits per heavy atom. The van der Waals surface area contributed by atoms with Crippen molar-refractivity contribution >= 4 is 27.8 Å². The smallest absolute Gasteiger partial charge is 0.406 e. The highest BCUT2D eigenvalue weighted by atomic mass is 79.9. The summed E-state index contributed by atoms with van der Waals surface area (Å²) in [6.45, 7) is -1.06. The molecule has 0 aliphatic heterocycles. The van der Waals surface area contributed by atoms with E-state index in [0.717, 1.165) is 12.1 Å². The van der Waals surface area contributed by atoms with Gasteiger partial charge >= 0.3 is 12.1 Å². The van der Waals surface area contributed by atoms with E-state index in [1.165, 1.54) is 13.0 Å². The molecule has 0 bridgehead atoms. The summed E-state index contributed by atoms with van der Waals surface area (Å²) in [6, 6.07) is 3.01. The van der Waals surface area contributed by atoms with Gasteiger partial charge in [0.15, 0.2) is 0 Å². The number of hydrogen-bond acceptors (Lipinski definition) is 3. The standard InChI is InChI=1S/C13H12BrF4NO3/c1-2-22-11(20)6-19(7-13(16,17)18)12(21)8-3-9(14)5-10(15)4-8/h3-5H,2,6-7H2,1H3. The number of carbonyl (C=O) groups is 2. The van der Waals surface area contributed by atoms with Crippen LogP contribution in [0.5, 0.6) is 0 Å². The molecule has 0 aliphatic carbocycles. The van der Waals surface area contributed by atoms with E-state index in [-0.39, 0.29) is 21.5 Å². The lowest BCUT2D eigenvalue weighted by Crippen LogP contribution is -2.42. The number of amides is 1. The summed E-state index contributed by atoms with van der Waals surface area (Å²) < 4.78 is 55.6. The summed E-state index contributed by atoms with van der Waals surface area (Å²) in [6.07, 6.45) is -4.70. The Balaban J connectivity index is 3.02. The molecule has 1 rings (SSSR count). The normalized spacial score (nSPS) is 11.2. The predicted molar refractivity (Wildman–Crippen MR) is 72.7 cm³/mol. The van der Waals surface area contributed by atoms with Crippen LogP contribution in [0.2, 0.25) is 0 Å². The van der Waals surface area contributed by atoms with Crippen LogP contribution in [0.15, 0.2) is 22.7 Å². The molecule has 1 aromatic rings. The number of halogens is 5. The number of hydrogen-bond donors (Lipinski definition) is 0. The fraction of sp³-hybridized carbons (Fsp3) is 0.385. The molecule has 0 saturated carbocycles. The summed E-state index contributed by atoms with van der Waals surface area (Å²) in [7, 11) is 0. The van der Waals surface area contributed by atoms with Crippen LogP contribution in [0.25, 0.3) is 0 Å². The third kappa shape index (κ3) is 6.00. The SMILES string of the molecule is CCOC(=O)CN(CC(F)(F)F)C(=O)c1cc(F)cc(Br)c1. The topological polar surface area (TPSA) is 46.6 Å². The largest absolute Gasteiger partial charge is 0.465 e. The van der Waals surface area contributed by atoms with Gasteiger partial charge in [-0.05, 0) is 25.1 Å². The van der Waals surface area contributed by atoms with Gasteiger partial charge in [-0.25, -0.2) is 4.39 Å². The monoisotopic (exact) mass is 385 g/mol. The second-order valence-corrected chi connectivity index (χ2v) is 5.16. The van der Waals surface area contributed by atoms with Gasteiger partial charge in [0.1, 0.15) is 18.9 Å². The average molecular weight is 386 g/mol. The van der Waals surface area contributed by atoms with E-state index in [1.54, 1.807) is 0 Å². The van der Waals surface area contributed by atoms with Crippen molar-refractivity contribution < 1.29 is 31.9 Å². The van der Waals surface area contributed by atoms with Crippen LogP contribution in [-0.2, 0) is 9.53 Å². The number of ether oxygens (including phenoxy) is 1. The molecular formula is C13H12BrF4NO3. The summed E-state index contributed by atoms with van der Waals surface area (Å²) in [5, 5.41) is 0. The van der Waals surface area contributed by atoms with E-state index in [4.69, 9.17) is 0 Å². The van der Waals surface area contributed by atoms with E-state index in [2.05, 4.69) is 20.7 Å². The zero-order valence-electron chi connectivity index (χ0n) is 11.4. The van der Waals surface area contributed by atoms with Crippen LogP contribution in [0, 0.1) is 5.82 Å². The molecule has 9 heteroatoms. The highest BCUT2D eigenvalue weighted by Crippen LogP contribution is 2.20. The molecule has 1 amide bonds. The van der Waals surface area contributed by atoms with Crippen LogP contribution < -0.4 is 0 Å². The number of alkyl halides is 3. The van der Waals surface area contributed by atoms with E-state index in [1.807, 2.05) is 0 Å². The fourth-order valence-corrected chi connectivity index (χ4v) is 2.10. The summed E-state index contributed by atoms with van der Waals surface area (Å²) in [4.78, 5) is 23.7. The van der Waals surface area contributed by atoms with Crippen molar-refractivity contribution in [1.29, 1.82) is 0 Å². The molecule has 22 heavy (non-hydrogen) atoms. The predicted octanol–water partition coefficient (Wildman–Crippen LogP) is 3.16. The van der Waals surface area contributed by atoms with Gasteiger partial charge < -0.3 is 9.64 Å². The molecule has 0 fully saturated rings. The van der Waals surface area contributed by atoms with Crippen LogP contribution >= 0.6 is 15.9 Å². The third-order valence-electron chi connectivity index (χ3n) is 2.39. The molecule has 0 radical (unpaired) electrons. The van der Waals surface area contributed by atoms with Gasteiger partial charge in [0.05, 0.1) is 6.61 Å². The van der Waals surface area contributed by atoms with Crippen LogP contribution in [0.1, 0.15) is 17.3 Å². The zero-order chi connectivity index (χ0) is 16.9. The van der Waals surface area contributed by atoms with Crippen molar-refractivity contribution in [2.24, 2.45) is 0 Å². The van der Waals surface area contributed by atoms with E-state index >= 15 is 0 Å². The molecule has 0 heterocycles. The number of carbonyl (C=O) groups excluding carboxylic acids is 2. The van der Waals surface area contributed by atoms with Gasteiger partial charge in [-0.15, -0.1) is 0 Å². The number of rotatable bonds is 5. The van der Waals surface area contributed by atoms with Crippen LogP contribution in [-0.4, -0.2) is 42.6 Å². The molecule has 0 saturated heterocycles. The van der Waals surface area contributed by atoms with Gasteiger partial charge in [-0.2, -0.15) is 13.2 Å². The first-order chi connectivity index (χ1) is 10.1. The molecule has 0 N–H and O–H groups in total. The summed E-state index contributed by atoms with van der Waals surface area (Å²) in [5.74, 6) is -2.89. The fourth-order valence-electron chi connectivity index (χ4n) is 1.64. The van der Waals surface area contributed by atoms with Gasteiger partial charge in [0, 0.05) is 10.0 Å². The maximum Gasteiger partial charge on any atom is 0.406 e. The Morgan fingerprint density at radius 3 is 2.41 bits per heavy atom. The first-order valence-electron chi connectivity index (χ1n) is 6.10. The lowest BCUT2D eigenvalue weighted by molar-refractivity contribution is -0.153. The lowest BCUT2D eigenvalue weighted by Gasteiger charge is -2.23. The highest BCUT2D eigenvalue weighted by Gasteiger charge is 2.34. The molecule has 1 aromatic carbocycles. The third-order valence-corrected chi connectivity index (χ3v) is 2.85. The Morgan fingerprint density at radius 2 is 1.91 bits per heavy atom. The van der Waals surface area contributed by atoms with E-state index < -0.39 is 37.0 Å². The quantitative estimate of drug-likeness (QED) is 0.577. The van der Waals surface area contributed by atoms with Gasteiger partial charge in [-0.1, -0.05) is 15.9 Å². The average Bonchev–Trinajstić information content (AvgIpc) is 2.34. The van der Waals surface area contributed by atoms with Gasteiger partial charge in [-0.3, -0.25) is 9.59 Å². The Labute approximate surface area is 132 Å². The molecular weight excluding hydrogens is 374 g/mol. The van der Waals surface area contributed by atoms with Crippen LogP contribution in [0.4, 0.5) is 17.6 Å². The first-order valence-corrected chi connectivity index (χ1v) is 6.89. The summed E-state index contributed by atoms with van der Waals surface area (Å²) in [5.41, 5.74) is -0.305. The molecule has 0 spiro atoms. The van der Waals surface area contributed by atoms with Crippen molar-refractivity contribution in [3.63, 3.8) is 0 Å². The Hall–Kier alpha value is -1.64. The number of esters is 1. The van der Waals surface area contributed by atoms with Crippen LogP contribution in [0.3, 0.4) is 0 Å². The Kier molecular flexibility index (Phi) is 6.34. The zero-order valence-corrected chi connectivity index (χ0v) is 13.0. The molecule has 0 aliphatic rings. The maximum absolute atomic E-state index is 13.3. The van der Waals surface area contributed by atoms with Crippen molar-refractivity contribution in [3.05, 3.63) is 34.1 Å². The van der Waals surface area contributed by atoms with Crippen molar-refractivity contribution in [3.8, 4) is 0 Å². The molecule has 0 aromatic heterocycles. The highest BCUT2D eigenvalue weighted by molar-refractivity contribution is 9.10. The van der Waals surface area contributed by atoms with Crippen molar-refractivity contribution in [2.45, 2.75) is 13.1 Å². The first kappa shape index (κ1) is 18.4. The molecule has 0 atom stereocenters. The molecule has 122 valence electrons. The lowest BCUT2D eigenvalue weighted by atomic mass is 10.2. The number of nitrogens with zero attached hydrogens (tertiary/aromatic N) is 1. The summed E-state index contributed by atoms with van der Waals surface area (Å²) >= 11 is 2.94. The van der Waals surface area contributed by atoms with Crippen molar-refractivity contribution in [2.75, 3.05) is 19.7 Å². The Bertz CT molecular complexity index is 542. The van der Waals surface area contributed by atoms with Gasteiger partial charge in [0.2, 0.25) is 0 Å². The minimum atomic E-state index is -4.70. The minimum Gasteiger partial charge on any atom is -0.465 e. The maximum atomic E-state index is 13.3. The van der Waals surface area contributed by atoms with Crippen molar-refractivity contribution in [1.82, 2.24) is 4.90 Å². The molecule has 0 unspecified atom stereocenters. The minimum absolute atomic E-state index is 0.0294. The molecule has 4 nitrogen and oxygen atoms in total. The second kappa shape index (κ2) is 7.57.